The zero-order chi connectivity index (χ0) is 9.80. The van der Waals surface area contributed by atoms with Crippen LogP contribution in [0.15, 0.2) is 29.5 Å². The molecule has 0 spiro atoms. The second-order valence-corrected chi connectivity index (χ2v) is 3.58. The standard InChI is InChI=1S/C11H15N3/c1-9(10-4-2-6-12-8-10)14-11-5-3-7-13-11/h2,4,6,8-9H,3,5,7H2,1H3,(H,13,14)/t9-/m0/s1. The lowest BCUT2D eigenvalue weighted by molar-refractivity contribution is 0.706. The van der Waals surface area contributed by atoms with E-state index in [9.17, 15) is 0 Å². The molecule has 0 saturated heterocycles. The van der Waals surface area contributed by atoms with Gasteiger partial charge in [-0.3, -0.25) is 9.98 Å². The minimum atomic E-state index is 0.306. The summed E-state index contributed by atoms with van der Waals surface area (Å²) in [6.45, 7) is 3.11. The summed E-state index contributed by atoms with van der Waals surface area (Å²) in [6, 6.07) is 4.35. The quantitative estimate of drug-likeness (QED) is 0.771. The van der Waals surface area contributed by atoms with Crippen molar-refractivity contribution in [3.05, 3.63) is 30.1 Å². The molecule has 74 valence electrons. The predicted molar refractivity (Wildman–Crippen MR) is 57.3 cm³/mol. The maximum absolute atomic E-state index is 4.39. The molecule has 0 fully saturated rings. The third-order valence-electron chi connectivity index (χ3n) is 2.44. The van der Waals surface area contributed by atoms with Crippen LogP contribution in [-0.2, 0) is 0 Å². The van der Waals surface area contributed by atoms with Gasteiger partial charge in [0.2, 0.25) is 0 Å². The Morgan fingerprint density at radius 2 is 2.43 bits per heavy atom. The molecule has 3 heteroatoms. The van der Waals surface area contributed by atoms with E-state index in [1.165, 1.54) is 12.0 Å². The second-order valence-electron chi connectivity index (χ2n) is 3.58. The van der Waals surface area contributed by atoms with E-state index in [2.05, 4.69) is 28.3 Å². The van der Waals surface area contributed by atoms with Crippen LogP contribution < -0.4 is 5.32 Å². The highest BCUT2D eigenvalue weighted by molar-refractivity contribution is 5.83. The summed E-state index contributed by atoms with van der Waals surface area (Å²) in [5.41, 5.74) is 1.21. The molecule has 3 nitrogen and oxygen atoms in total. The Morgan fingerprint density at radius 1 is 1.50 bits per heavy atom. The van der Waals surface area contributed by atoms with Crippen molar-refractivity contribution in [1.82, 2.24) is 10.3 Å². The van der Waals surface area contributed by atoms with Crippen LogP contribution in [0.4, 0.5) is 0 Å². The van der Waals surface area contributed by atoms with Gasteiger partial charge in [0, 0.05) is 25.4 Å². The SMILES string of the molecule is C[C@H](NC1=NCCC1)c1cccnc1. The number of hydrogen-bond donors (Lipinski definition) is 1. The molecule has 0 radical (unpaired) electrons. The molecular formula is C11H15N3. The number of nitrogens with one attached hydrogen (secondary N) is 1. The van der Waals surface area contributed by atoms with E-state index >= 15 is 0 Å². The smallest absolute Gasteiger partial charge is 0.0968 e. The molecule has 2 rings (SSSR count). The van der Waals surface area contributed by atoms with Crippen LogP contribution in [0, 0.1) is 0 Å². The van der Waals surface area contributed by atoms with Crippen LogP contribution in [0.25, 0.3) is 0 Å². The highest BCUT2D eigenvalue weighted by Crippen LogP contribution is 2.12. The van der Waals surface area contributed by atoms with Crippen molar-refractivity contribution in [2.24, 2.45) is 4.99 Å². The summed E-state index contributed by atoms with van der Waals surface area (Å²) in [5.74, 6) is 1.14. The molecular weight excluding hydrogens is 174 g/mol. The Balaban J connectivity index is 1.99. The normalized spacial score (nSPS) is 17.6. The fourth-order valence-corrected chi connectivity index (χ4v) is 1.62. The molecule has 0 aliphatic carbocycles. The van der Waals surface area contributed by atoms with Crippen molar-refractivity contribution >= 4 is 5.84 Å². The van der Waals surface area contributed by atoms with Crippen molar-refractivity contribution in [3.63, 3.8) is 0 Å². The van der Waals surface area contributed by atoms with Crippen molar-refractivity contribution in [2.75, 3.05) is 6.54 Å². The summed E-state index contributed by atoms with van der Waals surface area (Å²) in [4.78, 5) is 8.49. The van der Waals surface area contributed by atoms with Gasteiger partial charge in [0.05, 0.1) is 11.9 Å². The first-order valence-electron chi connectivity index (χ1n) is 5.06. The molecule has 2 heterocycles. The molecule has 0 aromatic carbocycles. The number of nitrogens with zero attached hydrogens (tertiary/aromatic N) is 2. The highest BCUT2D eigenvalue weighted by Gasteiger charge is 2.10. The minimum absolute atomic E-state index is 0.306. The summed E-state index contributed by atoms with van der Waals surface area (Å²) < 4.78 is 0. The van der Waals surface area contributed by atoms with E-state index in [1.807, 2.05) is 12.3 Å². The Hall–Kier alpha value is -1.38. The second kappa shape index (κ2) is 4.22. The summed E-state index contributed by atoms with van der Waals surface area (Å²) in [5, 5.41) is 3.41. The zero-order valence-corrected chi connectivity index (χ0v) is 8.40. The maximum atomic E-state index is 4.39. The van der Waals surface area contributed by atoms with Crippen molar-refractivity contribution < 1.29 is 0 Å². The van der Waals surface area contributed by atoms with E-state index < -0.39 is 0 Å². The lowest BCUT2D eigenvalue weighted by Gasteiger charge is -2.14. The number of hydrogen-bond acceptors (Lipinski definition) is 3. The first-order chi connectivity index (χ1) is 6.86. The van der Waals surface area contributed by atoms with Gasteiger partial charge < -0.3 is 5.32 Å². The minimum Gasteiger partial charge on any atom is -0.367 e. The third-order valence-corrected chi connectivity index (χ3v) is 2.44. The maximum Gasteiger partial charge on any atom is 0.0968 e. The summed E-state index contributed by atoms with van der Waals surface area (Å²) >= 11 is 0. The first kappa shape index (κ1) is 9.19. The number of amidine groups is 1. The lowest BCUT2D eigenvalue weighted by atomic mass is 10.1. The van der Waals surface area contributed by atoms with Crippen LogP contribution >= 0.6 is 0 Å². The molecule has 1 aromatic rings. The Morgan fingerprint density at radius 3 is 3.07 bits per heavy atom. The molecule has 1 N–H and O–H groups in total. The van der Waals surface area contributed by atoms with Gasteiger partial charge in [-0.1, -0.05) is 6.07 Å². The van der Waals surface area contributed by atoms with Gasteiger partial charge in [0.25, 0.3) is 0 Å². The molecule has 0 bridgehead atoms. The Kier molecular flexibility index (Phi) is 2.77. The number of aromatic nitrogens is 1. The topological polar surface area (TPSA) is 37.3 Å². The summed E-state index contributed by atoms with van der Waals surface area (Å²) in [6.07, 6.45) is 5.96. The number of pyridine rings is 1. The van der Waals surface area contributed by atoms with Crippen LogP contribution in [0.2, 0.25) is 0 Å². The molecule has 1 aromatic heterocycles. The molecule has 0 saturated carbocycles. The fraction of sp³-hybridized carbons (Fsp3) is 0.455. The van der Waals surface area contributed by atoms with Gasteiger partial charge >= 0.3 is 0 Å². The number of aliphatic imine (C=N–C) groups is 1. The third kappa shape index (κ3) is 2.10. The van der Waals surface area contributed by atoms with Gasteiger partial charge in [-0.05, 0) is 25.0 Å². The lowest BCUT2D eigenvalue weighted by Crippen LogP contribution is -2.24. The largest absolute Gasteiger partial charge is 0.367 e. The monoisotopic (exact) mass is 189 g/mol. The van der Waals surface area contributed by atoms with Crippen LogP contribution in [0.5, 0.6) is 0 Å². The Bertz CT molecular complexity index is 319. The molecule has 1 aliphatic heterocycles. The van der Waals surface area contributed by atoms with Crippen LogP contribution in [0.3, 0.4) is 0 Å². The highest BCUT2D eigenvalue weighted by atomic mass is 15.0. The van der Waals surface area contributed by atoms with Crippen LogP contribution in [-0.4, -0.2) is 17.4 Å². The van der Waals surface area contributed by atoms with E-state index in [0.717, 1.165) is 18.8 Å². The zero-order valence-electron chi connectivity index (χ0n) is 8.40. The summed E-state index contributed by atoms with van der Waals surface area (Å²) in [7, 11) is 0. The van der Waals surface area contributed by atoms with E-state index in [-0.39, 0.29) is 0 Å². The molecule has 0 unspecified atom stereocenters. The van der Waals surface area contributed by atoms with E-state index in [1.54, 1.807) is 6.20 Å². The predicted octanol–water partition coefficient (Wildman–Crippen LogP) is 1.92. The first-order valence-corrected chi connectivity index (χ1v) is 5.06. The van der Waals surface area contributed by atoms with Crippen molar-refractivity contribution in [2.45, 2.75) is 25.8 Å². The Labute approximate surface area is 84.3 Å². The van der Waals surface area contributed by atoms with Gasteiger partial charge in [0.1, 0.15) is 0 Å². The fourth-order valence-electron chi connectivity index (χ4n) is 1.62. The average Bonchev–Trinajstić information content (AvgIpc) is 2.72. The van der Waals surface area contributed by atoms with Gasteiger partial charge in [-0.2, -0.15) is 0 Å². The molecule has 14 heavy (non-hydrogen) atoms. The van der Waals surface area contributed by atoms with Gasteiger partial charge in [-0.25, -0.2) is 0 Å². The van der Waals surface area contributed by atoms with E-state index in [4.69, 9.17) is 0 Å². The molecule has 1 atom stereocenters. The number of rotatable bonds is 2. The average molecular weight is 189 g/mol. The van der Waals surface area contributed by atoms with Crippen LogP contribution in [0.1, 0.15) is 31.4 Å². The van der Waals surface area contributed by atoms with E-state index in [0.29, 0.717) is 6.04 Å². The van der Waals surface area contributed by atoms with Gasteiger partial charge in [0.15, 0.2) is 0 Å². The van der Waals surface area contributed by atoms with Gasteiger partial charge in [-0.15, -0.1) is 0 Å². The van der Waals surface area contributed by atoms with Crippen molar-refractivity contribution in [1.29, 1.82) is 0 Å². The van der Waals surface area contributed by atoms with Crippen molar-refractivity contribution in [3.8, 4) is 0 Å². The molecule has 0 amide bonds. The molecule has 1 aliphatic rings.